The van der Waals surface area contributed by atoms with Crippen molar-refractivity contribution in [1.29, 1.82) is 0 Å². The molecule has 0 unspecified atom stereocenters. The minimum atomic E-state index is -0.213. The molecule has 0 aliphatic carbocycles. The first-order chi connectivity index (χ1) is 7.63. The lowest BCUT2D eigenvalue weighted by Crippen LogP contribution is -2.28. The van der Waals surface area contributed by atoms with E-state index >= 15 is 0 Å². The van der Waals surface area contributed by atoms with Crippen LogP contribution in [0.3, 0.4) is 0 Å². The van der Waals surface area contributed by atoms with E-state index in [-0.39, 0.29) is 5.82 Å². The number of benzene rings is 1. The van der Waals surface area contributed by atoms with Crippen molar-refractivity contribution >= 4 is 15.9 Å². The molecule has 0 bridgehead atoms. The van der Waals surface area contributed by atoms with E-state index in [9.17, 15) is 4.39 Å². The summed E-state index contributed by atoms with van der Waals surface area (Å²) in [5.41, 5.74) is 1.09. The van der Waals surface area contributed by atoms with Crippen LogP contribution < -0.4 is 5.32 Å². The zero-order valence-electron chi connectivity index (χ0n) is 9.76. The number of nitrogens with zero attached hydrogens (tertiary/aromatic N) is 1. The second kappa shape index (κ2) is 6.99. The van der Waals surface area contributed by atoms with Crippen molar-refractivity contribution < 1.29 is 4.39 Å². The maximum atomic E-state index is 13.0. The fourth-order valence-electron chi connectivity index (χ4n) is 1.31. The van der Waals surface area contributed by atoms with Gasteiger partial charge in [-0.1, -0.05) is 13.0 Å². The first kappa shape index (κ1) is 13.6. The molecule has 1 rings (SSSR count). The second-order valence-corrected chi connectivity index (χ2v) is 4.68. The number of nitrogens with one attached hydrogen (secondary N) is 1. The van der Waals surface area contributed by atoms with Crippen LogP contribution in [-0.4, -0.2) is 31.6 Å². The van der Waals surface area contributed by atoms with Crippen LogP contribution in [0.15, 0.2) is 22.7 Å². The highest BCUT2D eigenvalue weighted by atomic mass is 79.9. The van der Waals surface area contributed by atoms with Crippen molar-refractivity contribution in [2.24, 2.45) is 0 Å². The lowest BCUT2D eigenvalue weighted by atomic mass is 10.2. The van der Waals surface area contributed by atoms with Crippen molar-refractivity contribution in [1.82, 2.24) is 10.2 Å². The van der Waals surface area contributed by atoms with Gasteiger partial charge in [0.15, 0.2) is 0 Å². The Morgan fingerprint density at radius 2 is 2.19 bits per heavy atom. The van der Waals surface area contributed by atoms with Crippen LogP contribution in [0.5, 0.6) is 0 Å². The van der Waals surface area contributed by atoms with E-state index < -0.39 is 0 Å². The van der Waals surface area contributed by atoms with Crippen LogP contribution in [0.4, 0.5) is 4.39 Å². The van der Waals surface area contributed by atoms with E-state index in [1.54, 1.807) is 6.07 Å². The summed E-state index contributed by atoms with van der Waals surface area (Å²) in [4.78, 5) is 2.24. The van der Waals surface area contributed by atoms with Crippen LogP contribution in [0.2, 0.25) is 0 Å². The molecule has 1 aromatic rings. The van der Waals surface area contributed by atoms with Gasteiger partial charge in [-0.2, -0.15) is 0 Å². The first-order valence-electron chi connectivity index (χ1n) is 5.46. The second-order valence-electron chi connectivity index (χ2n) is 3.82. The minimum absolute atomic E-state index is 0.213. The van der Waals surface area contributed by atoms with Crippen molar-refractivity contribution in [2.45, 2.75) is 13.5 Å². The van der Waals surface area contributed by atoms with Gasteiger partial charge >= 0.3 is 0 Å². The van der Waals surface area contributed by atoms with Crippen LogP contribution >= 0.6 is 15.9 Å². The van der Waals surface area contributed by atoms with Gasteiger partial charge in [-0.25, -0.2) is 4.39 Å². The molecule has 0 aliphatic rings. The zero-order valence-corrected chi connectivity index (χ0v) is 11.3. The average molecular weight is 289 g/mol. The number of likely N-dealkylation sites (N-methyl/N-ethyl adjacent to an activating group) is 1. The summed E-state index contributed by atoms with van der Waals surface area (Å²) < 4.78 is 13.5. The first-order valence-corrected chi connectivity index (χ1v) is 6.26. The zero-order chi connectivity index (χ0) is 12.0. The van der Waals surface area contributed by atoms with Gasteiger partial charge in [-0.3, -0.25) is 0 Å². The molecule has 1 N–H and O–H groups in total. The normalized spacial score (nSPS) is 11.1. The molecule has 4 heteroatoms. The van der Waals surface area contributed by atoms with Crippen molar-refractivity contribution in [3.05, 3.63) is 34.1 Å². The van der Waals surface area contributed by atoms with Crippen LogP contribution in [0, 0.1) is 5.82 Å². The summed E-state index contributed by atoms with van der Waals surface area (Å²) >= 11 is 3.18. The van der Waals surface area contributed by atoms with Gasteiger partial charge in [0.1, 0.15) is 5.82 Å². The highest BCUT2D eigenvalue weighted by Gasteiger charge is 2.00. The Balaban J connectivity index is 2.29. The van der Waals surface area contributed by atoms with E-state index in [4.69, 9.17) is 0 Å². The summed E-state index contributed by atoms with van der Waals surface area (Å²) in [6.45, 7) is 5.94. The lowest BCUT2D eigenvalue weighted by Gasteiger charge is -2.14. The lowest BCUT2D eigenvalue weighted by molar-refractivity contribution is 0.349. The third-order valence-electron chi connectivity index (χ3n) is 2.52. The molecule has 0 fully saturated rings. The summed E-state index contributed by atoms with van der Waals surface area (Å²) in [5, 5.41) is 3.33. The van der Waals surface area contributed by atoms with Crippen molar-refractivity contribution in [3.63, 3.8) is 0 Å². The predicted molar refractivity (Wildman–Crippen MR) is 69.0 cm³/mol. The third-order valence-corrected chi connectivity index (χ3v) is 3.13. The number of halogens is 2. The predicted octanol–water partition coefficient (Wildman–Crippen LogP) is 2.63. The largest absolute Gasteiger partial charge is 0.311 e. The Kier molecular flexibility index (Phi) is 5.95. The monoisotopic (exact) mass is 288 g/mol. The Hall–Kier alpha value is -0.450. The molecule has 0 radical (unpaired) electrons. The number of rotatable bonds is 6. The molecule has 0 heterocycles. The summed E-state index contributed by atoms with van der Waals surface area (Å²) in [7, 11) is 2.09. The Labute approximate surface area is 105 Å². The van der Waals surface area contributed by atoms with E-state index in [1.165, 1.54) is 6.07 Å². The van der Waals surface area contributed by atoms with Gasteiger partial charge < -0.3 is 10.2 Å². The van der Waals surface area contributed by atoms with Gasteiger partial charge in [-0.05, 0) is 47.2 Å². The van der Waals surface area contributed by atoms with Crippen LogP contribution in [0.25, 0.3) is 0 Å². The highest BCUT2D eigenvalue weighted by Crippen LogP contribution is 2.16. The van der Waals surface area contributed by atoms with Gasteiger partial charge in [0.25, 0.3) is 0 Å². The molecule has 2 nitrogen and oxygen atoms in total. The molecule has 0 amide bonds. The smallest absolute Gasteiger partial charge is 0.137 e. The molecule has 16 heavy (non-hydrogen) atoms. The van der Waals surface area contributed by atoms with Crippen LogP contribution in [0.1, 0.15) is 12.5 Å². The molecule has 0 spiro atoms. The molecule has 0 saturated carbocycles. The molecule has 0 atom stereocenters. The Bertz CT molecular complexity index is 331. The van der Waals surface area contributed by atoms with Crippen LogP contribution in [-0.2, 0) is 6.54 Å². The topological polar surface area (TPSA) is 15.3 Å². The summed E-state index contributed by atoms with van der Waals surface area (Å²) in [6.07, 6.45) is 0. The Morgan fingerprint density at radius 1 is 1.44 bits per heavy atom. The summed E-state index contributed by atoms with van der Waals surface area (Å²) in [5.74, 6) is -0.213. The molecular formula is C12H18BrFN2. The molecule has 0 aliphatic heterocycles. The third kappa shape index (κ3) is 4.60. The van der Waals surface area contributed by atoms with Gasteiger partial charge in [0.2, 0.25) is 0 Å². The molecule has 90 valence electrons. The standard InChI is InChI=1S/C12H18BrFN2/c1-3-16(2)7-6-15-9-10-4-5-12(14)11(13)8-10/h4-5,8,15H,3,6-7,9H2,1-2H3. The highest BCUT2D eigenvalue weighted by molar-refractivity contribution is 9.10. The van der Waals surface area contributed by atoms with Gasteiger partial charge in [0.05, 0.1) is 4.47 Å². The maximum Gasteiger partial charge on any atom is 0.137 e. The van der Waals surface area contributed by atoms with Gasteiger partial charge in [0, 0.05) is 19.6 Å². The quantitative estimate of drug-likeness (QED) is 0.810. The SMILES string of the molecule is CCN(C)CCNCc1ccc(F)c(Br)c1. The maximum absolute atomic E-state index is 13.0. The molecule has 0 aromatic heterocycles. The number of hydrogen-bond donors (Lipinski definition) is 1. The van der Waals surface area contributed by atoms with E-state index in [2.05, 4.69) is 40.1 Å². The minimum Gasteiger partial charge on any atom is -0.311 e. The Morgan fingerprint density at radius 3 is 2.81 bits per heavy atom. The van der Waals surface area contributed by atoms with E-state index in [0.29, 0.717) is 4.47 Å². The summed E-state index contributed by atoms with van der Waals surface area (Å²) in [6, 6.07) is 5.10. The van der Waals surface area contributed by atoms with E-state index in [0.717, 1.165) is 31.7 Å². The fourth-order valence-corrected chi connectivity index (χ4v) is 1.74. The molecular weight excluding hydrogens is 271 g/mol. The average Bonchev–Trinajstić information content (AvgIpc) is 2.28. The molecule has 0 saturated heterocycles. The van der Waals surface area contributed by atoms with Crippen molar-refractivity contribution in [3.8, 4) is 0 Å². The fraction of sp³-hybridized carbons (Fsp3) is 0.500. The van der Waals surface area contributed by atoms with Crippen molar-refractivity contribution in [2.75, 3.05) is 26.7 Å². The van der Waals surface area contributed by atoms with E-state index in [1.807, 2.05) is 6.07 Å². The van der Waals surface area contributed by atoms with Gasteiger partial charge in [-0.15, -0.1) is 0 Å². The number of hydrogen-bond acceptors (Lipinski definition) is 2. The molecule has 1 aromatic carbocycles.